The molecule has 5 nitrogen and oxygen atoms in total. The van der Waals surface area contributed by atoms with Gasteiger partial charge in [0.25, 0.3) is 5.91 Å². The van der Waals surface area contributed by atoms with Gasteiger partial charge in [-0.15, -0.1) is 0 Å². The van der Waals surface area contributed by atoms with Crippen molar-refractivity contribution >= 4 is 11.6 Å². The van der Waals surface area contributed by atoms with E-state index in [2.05, 4.69) is 39.5 Å². The maximum atomic E-state index is 11.9. The number of carbonyl (C=O) groups is 1. The lowest BCUT2D eigenvalue weighted by Crippen LogP contribution is -2.36. The first-order valence-electron chi connectivity index (χ1n) is 7.93. The Morgan fingerprint density at radius 1 is 1.17 bits per heavy atom. The van der Waals surface area contributed by atoms with Crippen molar-refractivity contribution in [3.63, 3.8) is 0 Å². The predicted molar refractivity (Wildman–Crippen MR) is 89.7 cm³/mol. The molecule has 0 spiro atoms. The van der Waals surface area contributed by atoms with Crippen molar-refractivity contribution in [3.05, 3.63) is 59.9 Å². The number of benzene rings is 1. The van der Waals surface area contributed by atoms with E-state index in [4.69, 9.17) is 4.74 Å². The smallest absolute Gasteiger partial charge is 0.252 e. The van der Waals surface area contributed by atoms with Crippen LogP contribution >= 0.6 is 0 Å². The van der Waals surface area contributed by atoms with Gasteiger partial charge in [0.15, 0.2) is 0 Å². The van der Waals surface area contributed by atoms with Crippen molar-refractivity contribution < 1.29 is 9.53 Å². The van der Waals surface area contributed by atoms with Crippen LogP contribution < -0.4 is 10.2 Å². The zero-order valence-electron chi connectivity index (χ0n) is 13.1. The molecular weight excluding hydrogens is 290 g/mol. The lowest BCUT2D eigenvalue weighted by Gasteiger charge is -2.28. The molecule has 1 N–H and O–H groups in total. The van der Waals surface area contributed by atoms with Gasteiger partial charge in [0.1, 0.15) is 0 Å². The van der Waals surface area contributed by atoms with Crippen LogP contribution in [0.25, 0.3) is 0 Å². The molecule has 0 atom stereocenters. The van der Waals surface area contributed by atoms with Crippen LogP contribution in [0.3, 0.4) is 0 Å². The summed E-state index contributed by atoms with van der Waals surface area (Å²) in [5, 5.41) is 2.92. The minimum absolute atomic E-state index is 0.0805. The molecule has 2 heterocycles. The summed E-state index contributed by atoms with van der Waals surface area (Å²) in [7, 11) is 0. The highest BCUT2D eigenvalue weighted by Gasteiger charge is 2.10. The molecule has 120 valence electrons. The summed E-state index contributed by atoms with van der Waals surface area (Å²) in [6.45, 7) is 4.09. The average molecular weight is 311 g/mol. The molecule has 1 amide bonds. The van der Waals surface area contributed by atoms with Crippen LogP contribution in [0.4, 0.5) is 5.69 Å². The van der Waals surface area contributed by atoms with Gasteiger partial charge >= 0.3 is 0 Å². The summed E-state index contributed by atoms with van der Waals surface area (Å²) in [6, 6.07) is 12.1. The fraction of sp³-hybridized carbons (Fsp3) is 0.333. The third-order valence-corrected chi connectivity index (χ3v) is 3.94. The number of rotatable bonds is 5. The summed E-state index contributed by atoms with van der Waals surface area (Å²) in [6.07, 6.45) is 4.05. The lowest BCUT2D eigenvalue weighted by atomic mass is 10.1. The van der Waals surface area contributed by atoms with Crippen molar-refractivity contribution in [2.45, 2.75) is 6.42 Å². The Morgan fingerprint density at radius 3 is 2.65 bits per heavy atom. The first-order valence-corrected chi connectivity index (χ1v) is 7.93. The van der Waals surface area contributed by atoms with Crippen molar-refractivity contribution in [2.24, 2.45) is 0 Å². The molecule has 1 aliphatic heterocycles. The zero-order chi connectivity index (χ0) is 15.9. The maximum absolute atomic E-state index is 11.9. The number of hydrogen-bond acceptors (Lipinski definition) is 4. The van der Waals surface area contributed by atoms with Gasteiger partial charge in [0, 0.05) is 37.7 Å². The number of carbonyl (C=O) groups excluding carboxylic acids is 1. The van der Waals surface area contributed by atoms with E-state index in [-0.39, 0.29) is 5.91 Å². The number of ether oxygens (including phenoxy) is 1. The summed E-state index contributed by atoms with van der Waals surface area (Å²) >= 11 is 0. The highest BCUT2D eigenvalue weighted by Crippen LogP contribution is 2.16. The van der Waals surface area contributed by atoms with E-state index < -0.39 is 0 Å². The fourth-order valence-corrected chi connectivity index (χ4v) is 2.61. The Morgan fingerprint density at radius 2 is 1.96 bits per heavy atom. The van der Waals surface area contributed by atoms with Gasteiger partial charge in [-0.1, -0.05) is 12.1 Å². The number of aromatic nitrogens is 1. The number of amides is 1. The van der Waals surface area contributed by atoms with E-state index in [1.165, 1.54) is 11.3 Å². The molecule has 23 heavy (non-hydrogen) atoms. The molecule has 1 saturated heterocycles. The van der Waals surface area contributed by atoms with Crippen LogP contribution in [-0.4, -0.2) is 43.7 Å². The van der Waals surface area contributed by atoms with E-state index >= 15 is 0 Å². The topological polar surface area (TPSA) is 54.5 Å². The molecule has 0 aliphatic carbocycles. The van der Waals surface area contributed by atoms with E-state index in [1.54, 1.807) is 24.5 Å². The van der Waals surface area contributed by atoms with E-state index in [0.29, 0.717) is 12.1 Å². The average Bonchev–Trinajstić information content (AvgIpc) is 2.64. The van der Waals surface area contributed by atoms with Gasteiger partial charge in [-0.25, -0.2) is 0 Å². The minimum atomic E-state index is -0.0805. The highest BCUT2D eigenvalue weighted by atomic mass is 16.5. The number of morpholine rings is 1. The van der Waals surface area contributed by atoms with Gasteiger partial charge in [-0.2, -0.15) is 0 Å². The fourth-order valence-electron chi connectivity index (χ4n) is 2.61. The van der Waals surface area contributed by atoms with E-state index in [1.807, 2.05) is 0 Å². The van der Waals surface area contributed by atoms with Crippen molar-refractivity contribution in [1.29, 1.82) is 0 Å². The monoisotopic (exact) mass is 311 g/mol. The number of pyridine rings is 1. The third-order valence-electron chi connectivity index (χ3n) is 3.94. The molecule has 1 aliphatic rings. The first-order chi connectivity index (χ1) is 11.3. The SMILES string of the molecule is O=C(NCCc1ccc(N2CCOCC2)cc1)c1cccnc1. The Labute approximate surface area is 136 Å². The van der Waals surface area contributed by atoms with Gasteiger partial charge < -0.3 is 15.0 Å². The molecule has 5 heteroatoms. The van der Waals surface area contributed by atoms with Crippen molar-refractivity contribution in [3.8, 4) is 0 Å². The Bertz CT molecular complexity index is 622. The van der Waals surface area contributed by atoms with Crippen LogP contribution in [0.2, 0.25) is 0 Å². The number of anilines is 1. The predicted octanol–water partition coefficient (Wildman–Crippen LogP) is 1.89. The third kappa shape index (κ3) is 4.29. The second-order valence-corrected chi connectivity index (χ2v) is 5.51. The molecule has 0 radical (unpaired) electrons. The van der Waals surface area contributed by atoms with Crippen LogP contribution in [0.15, 0.2) is 48.8 Å². The Balaban J connectivity index is 1.48. The zero-order valence-corrected chi connectivity index (χ0v) is 13.1. The normalized spacial score (nSPS) is 14.5. The molecular formula is C18H21N3O2. The quantitative estimate of drug-likeness (QED) is 0.916. The van der Waals surface area contributed by atoms with Crippen LogP contribution in [-0.2, 0) is 11.2 Å². The van der Waals surface area contributed by atoms with Gasteiger partial charge in [-0.05, 0) is 36.2 Å². The minimum Gasteiger partial charge on any atom is -0.378 e. The summed E-state index contributed by atoms with van der Waals surface area (Å²) in [5.41, 5.74) is 3.04. The molecule has 0 saturated carbocycles. The number of nitrogens with one attached hydrogen (secondary N) is 1. The number of hydrogen-bond donors (Lipinski definition) is 1. The molecule has 2 aromatic rings. The number of nitrogens with zero attached hydrogens (tertiary/aromatic N) is 2. The molecule has 1 aromatic carbocycles. The largest absolute Gasteiger partial charge is 0.378 e. The lowest BCUT2D eigenvalue weighted by molar-refractivity contribution is 0.0954. The van der Waals surface area contributed by atoms with E-state index in [0.717, 1.165) is 32.7 Å². The Hall–Kier alpha value is -2.40. The maximum Gasteiger partial charge on any atom is 0.252 e. The van der Waals surface area contributed by atoms with Gasteiger partial charge in [0.05, 0.1) is 18.8 Å². The Kier molecular flexibility index (Phi) is 5.21. The van der Waals surface area contributed by atoms with Crippen molar-refractivity contribution in [1.82, 2.24) is 10.3 Å². The molecule has 0 bridgehead atoms. The van der Waals surface area contributed by atoms with Crippen LogP contribution in [0, 0.1) is 0 Å². The highest BCUT2D eigenvalue weighted by molar-refractivity contribution is 5.93. The second kappa shape index (κ2) is 7.74. The standard InChI is InChI=1S/C18H21N3O2/c22-18(16-2-1-8-19-14-16)20-9-7-15-3-5-17(6-4-15)21-10-12-23-13-11-21/h1-6,8,14H,7,9-13H2,(H,20,22). The van der Waals surface area contributed by atoms with Gasteiger partial charge in [-0.3, -0.25) is 9.78 Å². The van der Waals surface area contributed by atoms with E-state index in [9.17, 15) is 4.79 Å². The summed E-state index contributed by atoms with van der Waals surface area (Å²) in [4.78, 5) is 18.2. The summed E-state index contributed by atoms with van der Waals surface area (Å²) < 4.78 is 5.37. The molecule has 3 rings (SSSR count). The van der Waals surface area contributed by atoms with Crippen LogP contribution in [0.5, 0.6) is 0 Å². The molecule has 1 fully saturated rings. The molecule has 0 unspecified atom stereocenters. The first kappa shape index (κ1) is 15.5. The van der Waals surface area contributed by atoms with Crippen molar-refractivity contribution in [2.75, 3.05) is 37.7 Å². The molecule has 1 aromatic heterocycles. The van der Waals surface area contributed by atoms with Crippen LogP contribution in [0.1, 0.15) is 15.9 Å². The van der Waals surface area contributed by atoms with Gasteiger partial charge in [0.2, 0.25) is 0 Å². The summed E-state index contributed by atoms with van der Waals surface area (Å²) in [5.74, 6) is -0.0805. The second-order valence-electron chi connectivity index (χ2n) is 5.51.